The highest BCUT2D eigenvalue weighted by molar-refractivity contribution is 6.05. The number of amides is 1. The van der Waals surface area contributed by atoms with Crippen LogP contribution in [0.1, 0.15) is 37.2 Å². The molecule has 1 saturated carbocycles. The van der Waals surface area contributed by atoms with Gasteiger partial charge in [0.2, 0.25) is 5.91 Å². The number of rotatable bonds is 2. The molecule has 26 heavy (non-hydrogen) atoms. The molecule has 1 saturated heterocycles. The summed E-state index contributed by atoms with van der Waals surface area (Å²) in [6.45, 7) is 5.25. The second kappa shape index (κ2) is 6.75. The van der Waals surface area contributed by atoms with Crippen LogP contribution in [0.25, 0.3) is 21.9 Å². The number of likely N-dealkylation sites (tertiary alicyclic amines) is 1. The van der Waals surface area contributed by atoms with Crippen molar-refractivity contribution in [3.8, 4) is 6.57 Å². The third-order valence-corrected chi connectivity index (χ3v) is 5.42. The van der Waals surface area contributed by atoms with E-state index in [2.05, 4.69) is 38.6 Å². The van der Waals surface area contributed by atoms with E-state index < -0.39 is 0 Å². The zero-order valence-corrected chi connectivity index (χ0v) is 14.6. The van der Waals surface area contributed by atoms with Crippen molar-refractivity contribution in [1.29, 1.82) is 5.26 Å². The van der Waals surface area contributed by atoms with Crippen LogP contribution >= 0.6 is 0 Å². The van der Waals surface area contributed by atoms with Gasteiger partial charge >= 0.3 is 0 Å². The second-order valence-corrected chi connectivity index (χ2v) is 7.06. The Bertz CT molecular complexity index is 972. The zero-order valence-electron chi connectivity index (χ0n) is 14.6. The van der Waals surface area contributed by atoms with Gasteiger partial charge < -0.3 is 9.88 Å². The molecule has 4 heterocycles. The molecular weight excluding hydrogens is 326 g/mol. The van der Waals surface area contributed by atoms with Crippen molar-refractivity contribution in [3.05, 3.63) is 36.3 Å². The average molecular weight is 347 g/mol. The van der Waals surface area contributed by atoms with Gasteiger partial charge in [-0.25, -0.2) is 10.2 Å². The minimum atomic E-state index is 0.304. The highest BCUT2D eigenvalue weighted by Crippen LogP contribution is 2.37. The second-order valence-electron chi connectivity index (χ2n) is 7.06. The Morgan fingerprint density at radius 2 is 2.08 bits per heavy atom. The standard InChI is InChI=1S/C19H20N4O.CHN/c24-19(12-3-4-12)23-9-1-2-13(11-23)14-5-7-20-16-10-22-18-15(17(14)16)6-8-21-18;1-2/h5-8,10,12-13H,1-4,9,11H2,(H,21,22);1H. The van der Waals surface area contributed by atoms with Gasteiger partial charge in [-0.3, -0.25) is 9.78 Å². The van der Waals surface area contributed by atoms with Crippen LogP contribution in [0.2, 0.25) is 0 Å². The first-order valence-corrected chi connectivity index (χ1v) is 9.06. The van der Waals surface area contributed by atoms with Gasteiger partial charge in [-0.15, -0.1) is 0 Å². The summed E-state index contributed by atoms with van der Waals surface area (Å²) in [4.78, 5) is 26.7. The molecule has 1 unspecified atom stereocenters. The minimum absolute atomic E-state index is 0.304. The van der Waals surface area contributed by atoms with Crippen LogP contribution in [0.3, 0.4) is 0 Å². The third-order valence-electron chi connectivity index (χ3n) is 5.42. The number of pyridine rings is 2. The Labute approximate surface area is 151 Å². The first kappa shape index (κ1) is 16.5. The van der Waals surface area contributed by atoms with E-state index in [0.717, 1.165) is 55.3 Å². The molecule has 2 aliphatic rings. The van der Waals surface area contributed by atoms with Crippen LogP contribution in [0.15, 0.2) is 30.7 Å². The predicted molar refractivity (Wildman–Crippen MR) is 99.3 cm³/mol. The molecule has 2 fully saturated rings. The lowest BCUT2D eigenvalue weighted by Gasteiger charge is -2.33. The molecule has 1 amide bonds. The Morgan fingerprint density at radius 1 is 1.23 bits per heavy atom. The highest BCUT2D eigenvalue weighted by Gasteiger charge is 2.35. The normalized spacial score (nSPS) is 19.9. The summed E-state index contributed by atoms with van der Waals surface area (Å²) in [5.41, 5.74) is 3.14. The molecule has 0 bridgehead atoms. The molecule has 1 aliphatic heterocycles. The number of hydrogen-bond donors (Lipinski definition) is 1. The van der Waals surface area contributed by atoms with Crippen LogP contribution < -0.4 is 0 Å². The van der Waals surface area contributed by atoms with Crippen molar-refractivity contribution < 1.29 is 4.79 Å². The number of aromatic nitrogens is 3. The minimum Gasteiger partial charge on any atom is -0.346 e. The van der Waals surface area contributed by atoms with E-state index >= 15 is 0 Å². The van der Waals surface area contributed by atoms with E-state index in [9.17, 15) is 4.79 Å². The van der Waals surface area contributed by atoms with Gasteiger partial charge in [-0.05, 0) is 43.4 Å². The summed E-state index contributed by atoms with van der Waals surface area (Å²) in [6.07, 6.45) is 10.0. The number of carbonyl (C=O) groups is 1. The van der Waals surface area contributed by atoms with Gasteiger partial charge in [0.25, 0.3) is 0 Å². The number of nitrogens with one attached hydrogen (secondary N) is 1. The molecule has 1 aliphatic carbocycles. The lowest BCUT2D eigenvalue weighted by molar-refractivity contribution is -0.133. The van der Waals surface area contributed by atoms with Gasteiger partial charge in [-0.1, -0.05) is 0 Å². The van der Waals surface area contributed by atoms with Crippen molar-refractivity contribution in [1.82, 2.24) is 19.9 Å². The summed E-state index contributed by atoms with van der Waals surface area (Å²) in [5, 5.41) is 8.82. The van der Waals surface area contributed by atoms with Gasteiger partial charge in [0.05, 0.1) is 11.7 Å². The maximum atomic E-state index is 12.5. The number of fused-ring (bicyclic) bond motifs is 3. The Kier molecular flexibility index (Phi) is 4.29. The van der Waals surface area contributed by atoms with E-state index in [4.69, 9.17) is 5.26 Å². The maximum Gasteiger partial charge on any atom is 0.225 e. The summed E-state index contributed by atoms with van der Waals surface area (Å²) in [6, 6.07) is 4.20. The van der Waals surface area contributed by atoms with Crippen LogP contribution in [0.4, 0.5) is 0 Å². The predicted octanol–water partition coefficient (Wildman–Crippen LogP) is 3.37. The van der Waals surface area contributed by atoms with E-state index in [1.807, 2.05) is 18.6 Å². The van der Waals surface area contributed by atoms with Gasteiger partial charge in [-0.2, -0.15) is 0 Å². The fourth-order valence-corrected chi connectivity index (χ4v) is 4.04. The first-order valence-electron chi connectivity index (χ1n) is 9.06. The zero-order chi connectivity index (χ0) is 18.1. The Morgan fingerprint density at radius 3 is 2.88 bits per heavy atom. The van der Waals surface area contributed by atoms with E-state index in [0.29, 0.717) is 17.7 Å². The number of aromatic amines is 1. The Balaban J connectivity index is 0.000000814. The number of nitriles is 1. The van der Waals surface area contributed by atoms with Gasteiger partial charge in [0.1, 0.15) is 5.65 Å². The van der Waals surface area contributed by atoms with Gasteiger partial charge in [0, 0.05) is 54.7 Å². The monoisotopic (exact) mass is 347 g/mol. The lowest BCUT2D eigenvalue weighted by atomic mass is 9.88. The first-order chi connectivity index (χ1) is 12.8. The van der Waals surface area contributed by atoms with Crippen molar-refractivity contribution in [2.75, 3.05) is 13.1 Å². The molecular formula is C20H21N5O. The van der Waals surface area contributed by atoms with Gasteiger partial charge in [0.15, 0.2) is 0 Å². The fourth-order valence-electron chi connectivity index (χ4n) is 4.04. The molecule has 0 spiro atoms. The average Bonchev–Trinajstić information content (AvgIpc) is 3.45. The number of piperidine rings is 1. The summed E-state index contributed by atoms with van der Waals surface area (Å²) >= 11 is 0. The van der Waals surface area contributed by atoms with Crippen LogP contribution in [-0.2, 0) is 4.79 Å². The molecule has 132 valence electrons. The molecule has 0 aromatic carbocycles. The number of carbonyl (C=O) groups excluding carboxylic acids is 1. The van der Waals surface area contributed by atoms with Crippen LogP contribution in [0.5, 0.6) is 0 Å². The molecule has 6 nitrogen and oxygen atoms in total. The molecule has 3 aromatic heterocycles. The number of hydrogen-bond acceptors (Lipinski definition) is 4. The van der Waals surface area contributed by atoms with Crippen LogP contribution in [0, 0.1) is 17.8 Å². The van der Waals surface area contributed by atoms with Crippen LogP contribution in [-0.4, -0.2) is 38.8 Å². The van der Waals surface area contributed by atoms with Crippen molar-refractivity contribution in [3.63, 3.8) is 0 Å². The summed E-state index contributed by atoms with van der Waals surface area (Å²) in [7, 11) is 0. The van der Waals surface area contributed by atoms with Crippen molar-refractivity contribution in [2.45, 2.75) is 31.6 Å². The highest BCUT2D eigenvalue weighted by atomic mass is 16.2. The largest absolute Gasteiger partial charge is 0.346 e. The molecule has 5 rings (SSSR count). The van der Waals surface area contributed by atoms with Crippen molar-refractivity contribution in [2.24, 2.45) is 5.92 Å². The topological polar surface area (TPSA) is 85.7 Å². The van der Waals surface area contributed by atoms with E-state index in [1.165, 1.54) is 10.9 Å². The molecule has 1 atom stereocenters. The van der Waals surface area contributed by atoms with E-state index in [-0.39, 0.29) is 0 Å². The number of H-pyrrole nitrogens is 1. The van der Waals surface area contributed by atoms with Crippen molar-refractivity contribution >= 4 is 27.8 Å². The lowest BCUT2D eigenvalue weighted by Crippen LogP contribution is -2.40. The number of nitrogens with zero attached hydrogens (tertiary/aromatic N) is 4. The summed E-state index contributed by atoms with van der Waals surface area (Å²) < 4.78 is 0. The Hall–Kier alpha value is -2.94. The van der Waals surface area contributed by atoms with E-state index in [1.54, 1.807) is 0 Å². The smallest absolute Gasteiger partial charge is 0.225 e. The quantitative estimate of drug-likeness (QED) is 0.770. The summed E-state index contributed by atoms with van der Waals surface area (Å²) in [5.74, 6) is 1.05. The fraction of sp³-hybridized carbons (Fsp3) is 0.400. The SMILES string of the molecule is C#N.O=C(C1CC1)N1CCCC(c2ccnc3cnc4[nH]ccc4c23)C1. The molecule has 1 N–H and O–H groups in total. The maximum absolute atomic E-state index is 12.5. The molecule has 0 radical (unpaired) electrons. The molecule has 6 heteroatoms. The molecule has 3 aromatic rings. The third kappa shape index (κ3) is 2.80.